The van der Waals surface area contributed by atoms with Gasteiger partial charge in [0.2, 0.25) is 5.95 Å². The Bertz CT molecular complexity index is 983. The molecule has 0 aromatic carbocycles. The molecule has 3 rings (SSSR count). The zero-order valence-corrected chi connectivity index (χ0v) is 20.3. The highest BCUT2D eigenvalue weighted by atomic mass is 28.3. The minimum absolute atomic E-state index is 0.0106. The van der Waals surface area contributed by atoms with Crippen LogP contribution >= 0.6 is 0 Å². The minimum Gasteiger partial charge on any atom is -0.465 e. The summed E-state index contributed by atoms with van der Waals surface area (Å²) in [6.45, 7) is 8.25. The molecule has 0 radical (unpaired) electrons. The molecule has 13 heteroatoms. The molecular weight excluding hydrogens is 452 g/mol. The van der Waals surface area contributed by atoms with Crippen LogP contribution in [0.2, 0.25) is 25.7 Å². The lowest BCUT2D eigenvalue weighted by molar-refractivity contribution is 0.0771. The monoisotopic (exact) mass is 483 g/mol. The number of aromatic nitrogens is 4. The number of anilines is 2. The Morgan fingerprint density at radius 2 is 2.09 bits per heavy atom. The average molecular weight is 484 g/mol. The summed E-state index contributed by atoms with van der Waals surface area (Å²) in [6, 6.07) is 3.70. The Kier molecular flexibility index (Phi) is 7.52. The standard InChI is InChI=1S/C20H31F2N7O3Si/c1-27(20(30)31)13-5-6-28(11-13)17-10-14(24-19(23)25-17)16-9-15(18(21)22)26-29(16)12-32-7-8-33(2,3)4/h9-10,13,18H,5-8,11-12H2,1-4H3,(H,30,31)(H2,23,24,25)/t13-/m1/s1. The fraction of sp³-hybridized carbons (Fsp3) is 0.600. The largest absolute Gasteiger partial charge is 0.465 e. The van der Waals surface area contributed by atoms with Crippen molar-refractivity contribution in [3.05, 3.63) is 17.8 Å². The third kappa shape index (κ3) is 6.38. The molecule has 3 heterocycles. The third-order valence-electron chi connectivity index (χ3n) is 5.56. The third-order valence-corrected chi connectivity index (χ3v) is 7.27. The van der Waals surface area contributed by atoms with Crippen molar-refractivity contribution in [2.75, 3.05) is 37.4 Å². The molecule has 0 saturated carbocycles. The van der Waals surface area contributed by atoms with Gasteiger partial charge in [0.25, 0.3) is 6.43 Å². The van der Waals surface area contributed by atoms with E-state index in [4.69, 9.17) is 10.5 Å². The number of likely N-dealkylation sites (N-methyl/N-ethyl adjacent to an activating group) is 1. The highest BCUT2D eigenvalue weighted by molar-refractivity contribution is 6.76. The maximum absolute atomic E-state index is 13.4. The van der Waals surface area contributed by atoms with E-state index in [2.05, 4.69) is 34.7 Å². The first-order valence-corrected chi connectivity index (χ1v) is 14.4. The van der Waals surface area contributed by atoms with Gasteiger partial charge in [-0.2, -0.15) is 10.1 Å². The minimum atomic E-state index is -2.74. The molecule has 1 amide bonds. The molecule has 182 valence electrons. The lowest BCUT2D eigenvalue weighted by Crippen LogP contribution is -2.38. The van der Waals surface area contributed by atoms with Gasteiger partial charge in [-0.15, -0.1) is 0 Å². The first kappa shape index (κ1) is 24.8. The van der Waals surface area contributed by atoms with Crippen molar-refractivity contribution in [3.8, 4) is 11.4 Å². The highest BCUT2D eigenvalue weighted by Gasteiger charge is 2.30. The van der Waals surface area contributed by atoms with Gasteiger partial charge in [-0.25, -0.2) is 23.2 Å². The Balaban J connectivity index is 1.84. The molecule has 0 aliphatic carbocycles. The van der Waals surface area contributed by atoms with E-state index in [-0.39, 0.29) is 24.4 Å². The number of hydrogen-bond acceptors (Lipinski definition) is 7. The second kappa shape index (κ2) is 9.99. The molecule has 1 aliphatic heterocycles. The van der Waals surface area contributed by atoms with Gasteiger partial charge in [0, 0.05) is 40.9 Å². The smallest absolute Gasteiger partial charge is 0.407 e. The van der Waals surface area contributed by atoms with Gasteiger partial charge in [0.15, 0.2) is 0 Å². The zero-order chi connectivity index (χ0) is 24.3. The van der Waals surface area contributed by atoms with Crippen LogP contribution < -0.4 is 10.6 Å². The van der Waals surface area contributed by atoms with E-state index in [1.807, 2.05) is 4.90 Å². The maximum atomic E-state index is 13.4. The first-order valence-electron chi connectivity index (χ1n) is 10.7. The van der Waals surface area contributed by atoms with Crippen LogP contribution in [0.4, 0.5) is 25.3 Å². The fourth-order valence-electron chi connectivity index (χ4n) is 3.55. The van der Waals surface area contributed by atoms with E-state index in [9.17, 15) is 18.7 Å². The molecule has 3 N–H and O–H groups in total. The molecule has 0 unspecified atom stereocenters. The van der Waals surface area contributed by atoms with Crippen LogP contribution in [0.1, 0.15) is 18.5 Å². The number of amides is 1. The summed E-state index contributed by atoms with van der Waals surface area (Å²) < 4.78 is 33.8. The molecule has 2 aromatic rings. The second-order valence-electron chi connectivity index (χ2n) is 9.35. The number of ether oxygens (including phenoxy) is 1. The van der Waals surface area contributed by atoms with Gasteiger partial charge in [-0.1, -0.05) is 19.6 Å². The van der Waals surface area contributed by atoms with Crippen molar-refractivity contribution < 1.29 is 23.4 Å². The Morgan fingerprint density at radius 3 is 2.73 bits per heavy atom. The van der Waals surface area contributed by atoms with E-state index in [1.165, 1.54) is 22.7 Å². The summed E-state index contributed by atoms with van der Waals surface area (Å²) in [4.78, 5) is 23.0. The topological polar surface area (TPSA) is 123 Å². The molecule has 1 saturated heterocycles. The number of nitrogens with zero attached hydrogens (tertiary/aromatic N) is 6. The van der Waals surface area contributed by atoms with Gasteiger partial charge in [-0.05, 0) is 18.5 Å². The van der Waals surface area contributed by atoms with E-state index in [1.54, 1.807) is 6.07 Å². The van der Waals surface area contributed by atoms with Crippen molar-refractivity contribution in [1.82, 2.24) is 24.6 Å². The zero-order valence-electron chi connectivity index (χ0n) is 19.3. The second-order valence-corrected chi connectivity index (χ2v) is 15.0. The van der Waals surface area contributed by atoms with Crippen LogP contribution in [0.25, 0.3) is 11.4 Å². The maximum Gasteiger partial charge on any atom is 0.407 e. The molecule has 0 spiro atoms. The van der Waals surface area contributed by atoms with Gasteiger partial charge >= 0.3 is 6.09 Å². The van der Waals surface area contributed by atoms with Crippen LogP contribution in [-0.4, -0.2) is 76.7 Å². The molecule has 2 aromatic heterocycles. The molecule has 0 bridgehead atoms. The number of carboxylic acid groups (broad SMARTS) is 1. The summed E-state index contributed by atoms with van der Waals surface area (Å²) in [5.41, 5.74) is 6.26. The summed E-state index contributed by atoms with van der Waals surface area (Å²) in [6.07, 6.45) is -3.10. The number of hydrogen-bond donors (Lipinski definition) is 2. The van der Waals surface area contributed by atoms with Crippen LogP contribution in [0, 0.1) is 0 Å². The van der Waals surface area contributed by atoms with Gasteiger partial charge < -0.3 is 25.4 Å². The average Bonchev–Trinajstić information content (AvgIpc) is 3.37. The van der Waals surface area contributed by atoms with E-state index in [0.717, 1.165) is 6.04 Å². The predicted octanol–water partition coefficient (Wildman–Crippen LogP) is 3.36. The first-order chi connectivity index (χ1) is 15.4. The Hall–Kier alpha value is -2.80. The van der Waals surface area contributed by atoms with Crippen LogP contribution in [-0.2, 0) is 11.5 Å². The summed E-state index contributed by atoms with van der Waals surface area (Å²) in [5.74, 6) is 0.494. The predicted molar refractivity (Wildman–Crippen MR) is 123 cm³/mol. The quantitative estimate of drug-likeness (QED) is 0.411. The number of alkyl halides is 2. The van der Waals surface area contributed by atoms with E-state index < -0.39 is 20.6 Å². The highest BCUT2D eigenvalue weighted by Crippen LogP contribution is 2.29. The fourth-order valence-corrected chi connectivity index (χ4v) is 4.30. The van der Waals surface area contributed by atoms with Crippen LogP contribution in [0.5, 0.6) is 0 Å². The lowest BCUT2D eigenvalue weighted by atomic mass is 10.2. The van der Waals surface area contributed by atoms with Crippen molar-refractivity contribution in [1.29, 1.82) is 0 Å². The van der Waals surface area contributed by atoms with Crippen LogP contribution in [0.15, 0.2) is 12.1 Å². The Morgan fingerprint density at radius 1 is 1.36 bits per heavy atom. The molecule has 1 atom stereocenters. The summed E-state index contributed by atoms with van der Waals surface area (Å²) in [7, 11) is 0.236. The van der Waals surface area contributed by atoms with Gasteiger partial charge in [0.1, 0.15) is 18.2 Å². The number of halogens is 2. The van der Waals surface area contributed by atoms with E-state index in [0.29, 0.717) is 43.3 Å². The van der Waals surface area contributed by atoms with Crippen LogP contribution in [0.3, 0.4) is 0 Å². The lowest BCUT2D eigenvalue weighted by Gasteiger charge is -2.22. The molecular formula is C20H31F2N7O3Si. The SMILES string of the molecule is CN(C(=O)O)[C@@H]1CCN(c2cc(-c3cc(C(F)F)nn3COCC[Si](C)(C)C)nc(N)n2)C1. The number of carbonyl (C=O) groups is 1. The number of nitrogen functional groups attached to an aromatic ring is 1. The van der Waals surface area contributed by atoms with Crippen molar-refractivity contribution in [2.45, 2.75) is 51.3 Å². The van der Waals surface area contributed by atoms with Gasteiger partial charge in [-0.3, -0.25) is 0 Å². The normalized spacial score (nSPS) is 16.6. The number of rotatable bonds is 9. The summed E-state index contributed by atoms with van der Waals surface area (Å²) >= 11 is 0. The van der Waals surface area contributed by atoms with Gasteiger partial charge in [0.05, 0.1) is 17.4 Å². The molecule has 1 fully saturated rings. The van der Waals surface area contributed by atoms with Crippen molar-refractivity contribution in [3.63, 3.8) is 0 Å². The van der Waals surface area contributed by atoms with Crippen molar-refractivity contribution in [2.24, 2.45) is 0 Å². The molecule has 1 aliphatic rings. The van der Waals surface area contributed by atoms with Crippen molar-refractivity contribution >= 4 is 25.9 Å². The number of nitrogens with two attached hydrogens (primary N) is 1. The Labute approximate surface area is 192 Å². The molecule has 33 heavy (non-hydrogen) atoms. The van der Waals surface area contributed by atoms with E-state index >= 15 is 0 Å². The molecule has 10 nitrogen and oxygen atoms in total. The summed E-state index contributed by atoms with van der Waals surface area (Å²) in [5, 5.41) is 13.2.